The summed E-state index contributed by atoms with van der Waals surface area (Å²) in [6, 6.07) is 28.2. The summed E-state index contributed by atoms with van der Waals surface area (Å²) in [6.45, 7) is 17.2. The van der Waals surface area contributed by atoms with Crippen molar-refractivity contribution in [3.8, 4) is 39.7 Å². The fraction of sp³-hybridized carbons (Fsp3) is 0.444. The van der Waals surface area contributed by atoms with Crippen molar-refractivity contribution in [3.05, 3.63) is 109 Å². The molecule has 19 nitrogen and oxygen atoms in total. The molecular formula is C63H77N15O4. The number of hydrogen-bond acceptors (Lipinski definition) is 13. The standard InChI is InChI=1S/C63H77N15O4/c1-62(2,39-77-22-7-6-8-23-77)33-59(80)69-57-32-54(72-75-57)47-28-43-14-13-41(29-51(43)65-36-47)49-38-78(40-63(3,4)34-60(81)68-56-30-52(70-74-56)44-15-17-50-42(27-44)11-9-21-64-50)26-20-48(49)46-19-25-76(37-46)24-10-12-58(79)67-55-31-53(71-73-55)45-16-18-61(82-5)66-35-45/h9,11,13-18,21,27-32,35-36,46,48-49H,6-8,10,12,19-20,22-26,33-34,37-40H2,1-5H3,(H2,67,71,73,79)(H2,68,70,74,81)(H2,69,72,75,80). The summed E-state index contributed by atoms with van der Waals surface area (Å²) >= 11 is 0. The second-order valence-corrected chi connectivity index (χ2v) is 24.6. The molecule has 82 heavy (non-hydrogen) atoms. The molecule has 3 aliphatic heterocycles. The Morgan fingerprint density at radius 3 is 1.91 bits per heavy atom. The molecule has 0 radical (unpaired) electrons. The second kappa shape index (κ2) is 24.7. The summed E-state index contributed by atoms with van der Waals surface area (Å²) in [5, 5.41) is 33.6. The quantitative estimate of drug-likeness (QED) is 0.0394. The average Bonchev–Trinajstić information content (AvgIpc) is 4.27. The summed E-state index contributed by atoms with van der Waals surface area (Å²) in [6.07, 6.45) is 13.2. The number of carbonyl (C=O) groups excluding carboxylic acids is 3. The molecule has 6 N–H and O–H groups in total. The van der Waals surface area contributed by atoms with Crippen LogP contribution in [0.3, 0.4) is 0 Å². The number of fused-ring (bicyclic) bond motifs is 2. The van der Waals surface area contributed by atoms with E-state index in [0.717, 1.165) is 134 Å². The minimum atomic E-state index is -0.323. The molecule has 0 aliphatic carbocycles. The third-order valence-corrected chi connectivity index (χ3v) is 16.7. The number of nitrogens with one attached hydrogen (secondary N) is 6. The summed E-state index contributed by atoms with van der Waals surface area (Å²) in [5.41, 5.74) is 7.72. The van der Waals surface area contributed by atoms with Crippen LogP contribution in [0, 0.1) is 22.7 Å². The first kappa shape index (κ1) is 56.0. The van der Waals surface area contributed by atoms with Gasteiger partial charge in [0.15, 0.2) is 17.5 Å². The van der Waals surface area contributed by atoms with E-state index in [1.54, 1.807) is 25.6 Å². The number of pyridine rings is 3. The van der Waals surface area contributed by atoms with Gasteiger partial charge in [0.25, 0.3) is 0 Å². The number of rotatable bonds is 21. The number of amides is 3. The number of aromatic amines is 3. The minimum absolute atomic E-state index is 0.0377. The van der Waals surface area contributed by atoms with Crippen LogP contribution in [0.2, 0.25) is 0 Å². The van der Waals surface area contributed by atoms with Gasteiger partial charge in [-0.3, -0.25) is 39.6 Å². The Labute approximate surface area is 479 Å². The van der Waals surface area contributed by atoms with Crippen LogP contribution in [0.1, 0.15) is 97.0 Å². The van der Waals surface area contributed by atoms with Crippen molar-refractivity contribution >= 4 is 57.0 Å². The summed E-state index contributed by atoms with van der Waals surface area (Å²) < 4.78 is 5.18. The van der Waals surface area contributed by atoms with Crippen LogP contribution in [0.5, 0.6) is 5.88 Å². The highest BCUT2D eigenvalue weighted by atomic mass is 16.5. The highest BCUT2D eigenvalue weighted by Crippen LogP contribution is 2.43. The number of carbonyl (C=O) groups is 3. The summed E-state index contributed by atoms with van der Waals surface area (Å²) in [7, 11) is 1.58. The van der Waals surface area contributed by atoms with Crippen molar-refractivity contribution in [2.75, 3.05) is 82.0 Å². The maximum absolute atomic E-state index is 13.7. The van der Waals surface area contributed by atoms with Crippen molar-refractivity contribution in [2.45, 2.75) is 91.4 Å². The van der Waals surface area contributed by atoms with E-state index in [4.69, 9.17) is 9.72 Å². The van der Waals surface area contributed by atoms with E-state index in [1.165, 1.54) is 24.8 Å². The number of hydrogen-bond donors (Lipinski definition) is 6. The molecule has 11 rings (SSSR count). The van der Waals surface area contributed by atoms with Gasteiger partial charge < -0.3 is 35.4 Å². The van der Waals surface area contributed by atoms with Crippen molar-refractivity contribution in [1.82, 2.24) is 60.2 Å². The number of benzene rings is 2. The number of aromatic nitrogens is 9. The number of likely N-dealkylation sites (tertiary alicyclic amines) is 3. The number of nitrogens with zero attached hydrogens (tertiary/aromatic N) is 9. The van der Waals surface area contributed by atoms with Gasteiger partial charge in [-0.15, -0.1) is 0 Å². The lowest BCUT2D eigenvalue weighted by atomic mass is 9.72. The maximum atomic E-state index is 13.7. The first-order chi connectivity index (χ1) is 39.7. The molecule has 3 saturated heterocycles. The average molecular weight is 1110 g/mol. The van der Waals surface area contributed by atoms with Crippen LogP contribution in [-0.2, 0) is 14.4 Å². The Bertz CT molecular complexity index is 3510. The van der Waals surface area contributed by atoms with Gasteiger partial charge >= 0.3 is 0 Å². The van der Waals surface area contributed by atoms with Gasteiger partial charge in [0.2, 0.25) is 23.6 Å². The van der Waals surface area contributed by atoms with Crippen LogP contribution in [-0.4, -0.2) is 144 Å². The molecule has 8 aromatic rings. The zero-order valence-electron chi connectivity index (χ0n) is 47.9. The van der Waals surface area contributed by atoms with Crippen molar-refractivity contribution in [1.29, 1.82) is 0 Å². The first-order valence-electron chi connectivity index (χ1n) is 29.1. The lowest BCUT2D eigenvalue weighted by Crippen LogP contribution is -2.46. The number of ether oxygens (including phenoxy) is 1. The van der Waals surface area contributed by atoms with Gasteiger partial charge in [0, 0.05) is 116 Å². The van der Waals surface area contributed by atoms with E-state index >= 15 is 0 Å². The number of methoxy groups -OCH3 is 1. The van der Waals surface area contributed by atoms with Crippen molar-refractivity contribution < 1.29 is 19.1 Å². The summed E-state index contributed by atoms with van der Waals surface area (Å²) in [4.78, 5) is 61.4. The van der Waals surface area contributed by atoms with Gasteiger partial charge in [0.05, 0.1) is 35.2 Å². The SMILES string of the molecule is COc1ccc(-c2cc(NC(=O)CCCN3CCC(C4CCN(CC(C)(C)CC(=O)Nc5cc(-c6ccc7ncccc7c6)[nH]n5)CC4c4ccc5cc(-c6cc(NC(=O)CC(C)(C)CN7CCCCC7)n[nH]6)cnc5c4)C3)n[nH]2)cn1. The molecule has 0 bridgehead atoms. The van der Waals surface area contributed by atoms with Crippen LogP contribution >= 0.6 is 0 Å². The lowest BCUT2D eigenvalue weighted by Gasteiger charge is -2.44. The van der Waals surface area contributed by atoms with E-state index in [-0.39, 0.29) is 34.5 Å². The molecule has 3 unspecified atom stereocenters. The van der Waals surface area contributed by atoms with Gasteiger partial charge in [-0.05, 0) is 135 Å². The van der Waals surface area contributed by atoms with Crippen molar-refractivity contribution in [3.63, 3.8) is 0 Å². The largest absolute Gasteiger partial charge is 0.481 e. The predicted octanol–water partition coefficient (Wildman–Crippen LogP) is 10.4. The molecule has 6 aromatic heterocycles. The second-order valence-electron chi connectivity index (χ2n) is 24.6. The smallest absolute Gasteiger partial charge is 0.226 e. The molecule has 3 aliphatic rings. The Morgan fingerprint density at radius 2 is 1.22 bits per heavy atom. The molecule has 0 spiro atoms. The number of H-pyrrole nitrogens is 3. The Balaban J connectivity index is 0.735. The van der Waals surface area contributed by atoms with E-state index < -0.39 is 0 Å². The highest BCUT2D eigenvalue weighted by molar-refractivity contribution is 5.93. The summed E-state index contributed by atoms with van der Waals surface area (Å²) in [5.74, 6) is 3.00. The minimum Gasteiger partial charge on any atom is -0.481 e. The molecule has 428 valence electrons. The Kier molecular flexibility index (Phi) is 16.9. The fourth-order valence-corrected chi connectivity index (χ4v) is 12.9. The van der Waals surface area contributed by atoms with E-state index in [9.17, 15) is 14.4 Å². The molecule has 3 amide bonds. The van der Waals surface area contributed by atoms with Gasteiger partial charge in [-0.25, -0.2) is 4.98 Å². The molecule has 2 aromatic carbocycles. The van der Waals surface area contributed by atoms with Crippen LogP contribution in [0.15, 0.2) is 104 Å². The van der Waals surface area contributed by atoms with Crippen LogP contribution in [0.25, 0.3) is 55.6 Å². The normalized spacial score (nSPS) is 18.5. The van der Waals surface area contributed by atoms with E-state index in [1.807, 2.05) is 54.7 Å². The van der Waals surface area contributed by atoms with E-state index in [2.05, 4.69) is 129 Å². The molecule has 0 saturated carbocycles. The third-order valence-electron chi connectivity index (χ3n) is 16.7. The molecular weight excluding hydrogens is 1030 g/mol. The monoisotopic (exact) mass is 1110 g/mol. The number of piperidine rings is 2. The predicted molar refractivity (Wildman–Crippen MR) is 321 cm³/mol. The molecule has 3 atom stereocenters. The van der Waals surface area contributed by atoms with Gasteiger partial charge in [-0.2, -0.15) is 15.3 Å². The van der Waals surface area contributed by atoms with Gasteiger partial charge in [-0.1, -0.05) is 58.4 Å². The van der Waals surface area contributed by atoms with Crippen LogP contribution in [0.4, 0.5) is 17.5 Å². The topological polar surface area (TPSA) is 231 Å². The van der Waals surface area contributed by atoms with E-state index in [0.29, 0.717) is 54.4 Å². The molecule has 19 heteroatoms. The zero-order chi connectivity index (χ0) is 56.8. The zero-order valence-corrected chi connectivity index (χ0v) is 47.9. The maximum Gasteiger partial charge on any atom is 0.226 e. The number of anilines is 3. The Hall–Kier alpha value is -7.87. The Morgan fingerprint density at radius 1 is 0.598 bits per heavy atom. The van der Waals surface area contributed by atoms with Crippen molar-refractivity contribution in [2.24, 2.45) is 22.7 Å². The third kappa shape index (κ3) is 14.1. The molecule has 9 heterocycles. The first-order valence-corrected chi connectivity index (χ1v) is 29.1. The van der Waals surface area contributed by atoms with Crippen LogP contribution < -0.4 is 20.7 Å². The van der Waals surface area contributed by atoms with Gasteiger partial charge in [0.1, 0.15) is 0 Å². The fourth-order valence-electron chi connectivity index (χ4n) is 12.9. The highest BCUT2D eigenvalue weighted by Gasteiger charge is 2.40. The molecule has 3 fully saturated rings. The lowest BCUT2D eigenvalue weighted by molar-refractivity contribution is -0.119.